The third-order valence-corrected chi connectivity index (χ3v) is 3.54. The average molecular weight is 264 g/mol. The van der Waals surface area contributed by atoms with Crippen LogP contribution in [0.4, 0.5) is 0 Å². The molecule has 0 aliphatic rings. The number of hydrogen-bond acceptors (Lipinski definition) is 2. The van der Waals surface area contributed by atoms with Crippen molar-refractivity contribution in [3.8, 4) is 11.5 Å². The van der Waals surface area contributed by atoms with Crippen molar-refractivity contribution in [1.82, 2.24) is 0 Å². The van der Waals surface area contributed by atoms with Gasteiger partial charge in [0.15, 0.2) is 0 Å². The summed E-state index contributed by atoms with van der Waals surface area (Å²) in [6.45, 7) is 0. The minimum atomic E-state index is 0.374. The fourth-order valence-corrected chi connectivity index (χ4v) is 2.41. The van der Waals surface area contributed by atoms with Gasteiger partial charge in [-0.1, -0.05) is 48.5 Å². The highest BCUT2D eigenvalue weighted by molar-refractivity contribution is 5.89. The molecule has 0 aliphatic heterocycles. The summed E-state index contributed by atoms with van der Waals surface area (Å²) in [6, 6.07) is 19.8. The standard InChI is InChI=1S/C18H16O2/c1-20-16-10-6-13(7-11-16)12-15-9-8-14-4-2-3-5-17(14)18(15)19/h2-11,19H,12H2,1H3. The van der Waals surface area contributed by atoms with Gasteiger partial charge in [-0.3, -0.25) is 0 Å². The zero-order valence-electron chi connectivity index (χ0n) is 11.3. The Labute approximate surface area is 118 Å². The highest BCUT2D eigenvalue weighted by Crippen LogP contribution is 2.30. The van der Waals surface area contributed by atoms with Gasteiger partial charge in [0.05, 0.1) is 7.11 Å². The van der Waals surface area contributed by atoms with Crippen LogP contribution in [0.2, 0.25) is 0 Å². The Morgan fingerprint density at radius 3 is 2.40 bits per heavy atom. The zero-order valence-corrected chi connectivity index (χ0v) is 11.3. The molecule has 3 aromatic carbocycles. The lowest BCUT2D eigenvalue weighted by molar-refractivity contribution is 0.414. The molecule has 0 aliphatic carbocycles. The Balaban J connectivity index is 1.95. The van der Waals surface area contributed by atoms with Crippen LogP contribution in [0.3, 0.4) is 0 Å². The van der Waals surface area contributed by atoms with Crippen molar-refractivity contribution >= 4 is 10.8 Å². The first kappa shape index (κ1) is 12.5. The van der Waals surface area contributed by atoms with Gasteiger partial charge in [-0.2, -0.15) is 0 Å². The largest absolute Gasteiger partial charge is 0.507 e. The molecule has 20 heavy (non-hydrogen) atoms. The average Bonchev–Trinajstić information content (AvgIpc) is 2.51. The van der Waals surface area contributed by atoms with Crippen LogP contribution in [-0.2, 0) is 6.42 Å². The van der Waals surface area contributed by atoms with Crippen LogP contribution < -0.4 is 4.74 Å². The van der Waals surface area contributed by atoms with Crippen molar-refractivity contribution in [2.45, 2.75) is 6.42 Å². The predicted octanol–water partition coefficient (Wildman–Crippen LogP) is 4.14. The molecule has 0 atom stereocenters. The first-order chi connectivity index (χ1) is 9.78. The number of phenols is 1. The van der Waals surface area contributed by atoms with Crippen molar-refractivity contribution in [2.24, 2.45) is 0 Å². The van der Waals surface area contributed by atoms with Crippen LogP contribution in [0.1, 0.15) is 11.1 Å². The van der Waals surface area contributed by atoms with Gasteiger partial charge in [-0.15, -0.1) is 0 Å². The Bertz CT molecular complexity index is 730. The number of rotatable bonds is 3. The zero-order chi connectivity index (χ0) is 13.9. The van der Waals surface area contributed by atoms with Crippen LogP contribution in [0.5, 0.6) is 11.5 Å². The maximum absolute atomic E-state index is 10.4. The normalized spacial score (nSPS) is 10.7. The number of methoxy groups -OCH3 is 1. The van der Waals surface area contributed by atoms with Crippen molar-refractivity contribution < 1.29 is 9.84 Å². The van der Waals surface area contributed by atoms with Gasteiger partial charge in [-0.05, 0) is 28.6 Å². The molecule has 3 rings (SSSR count). The SMILES string of the molecule is COc1ccc(Cc2ccc3ccccc3c2O)cc1. The molecule has 0 unspecified atom stereocenters. The molecule has 0 amide bonds. The number of aromatic hydroxyl groups is 1. The maximum atomic E-state index is 10.4. The first-order valence-electron chi connectivity index (χ1n) is 6.60. The van der Waals surface area contributed by atoms with Crippen LogP contribution in [0, 0.1) is 0 Å². The van der Waals surface area contributed by atoms with Crippen LogP contribution >= 0.6 is 0 Å². The number of phenolic OH excluding ortho intramolecular Hbond substituents is 1. The monoisotopic (exact) mass is 264 g/mol. The summed E-state index contributed by atoms with van der Waals surface area (Å²) in [5, 5.41) is 12.3. The van der Waals surface area contributed by atoms with E-state index in [1.54, 1.807) is 7.11 Å². The summed E-state index contributed by atoms with van der Waals surface area (Å²) >= 11 is 0. The summed E-state index contributed by atoms with van der Waals surface area (Å²) in [6.07, 6.45) is 0.709. The predicted molar refractivity (Wildman–Crippen MR) is 81.4 cm³/mol. The lowest BCUT2D eigenvalue weighted by Gasteiger charge is -2.08. The molecular weight excluding hydrogens is 248 g/mol. The summed E-state index contributed by atoms with van der Waals surface area (Å²) in [7, 11) is 1.66. The van der Waals surface area contributed by atoms with Crippen LogP contribution in [-0.4, -0.2) is 12.2 Å². The lowest BCUT2D eigenvalue weighted by Crippen LogP contribution is -1.90. The summed E-state index contributed by atoms with van der Waals surface area (Å²) in [5.41, 5.74) is 2.09. The minimum absolute atomic E-state index is 0.374. The number of benzene rings is 3. The molecule has 0 aromatic heterocycles. The van der Waals surface area contributed by atoms with E-state index in [0.29, 0.717) is 12.2 Å². The fraction of sp³-hybridized carbons (Fsp3) is 0.111. The van der Waals surface area contributed by atoms with E-state index in [0.717, 1.165) is 27.6 Å². The molecule has 0 fully saturated rings. The minimum Gasteiger partial charge on any atom is -0.507 e. The van der Waals surface area contributed by atoms with Gasteiger partial charge in [-0.25, -0.2) is 0 Å². The maximum Gasteiger partial charge on any atom is 0.126 e. The molecule has 0 spiro atoms. The van der Waals surface area contributed by atoms with Crippen LogP contribution in [0.25, 0.3) is 10.8 Å². The second-order valence-corrected chi connectivity index (χ2v) is 4.82. The van der Waals surface area contributed by atoms with Gasteiger partial charge < -0.3 is 9.84 Å². The fourth-order valence-electron chi connectivity index (χ4n) is 2.41. The van der Waals surface area contributed by atoms with E-state index in [-0.39, 0.29) is 0 Å². The van der Waals surface area contributed by atoms with Gasteiger partial charge in [0.2, 0.25) is 0 Å². The number of fused-ring (bicyclic) bond motifs is 1. The smallest absolute Gasteiger partial charge is 0.126 e. The Morgan fingerprint density at radius 2 is 1.65 bits per heavy atom. The van der Waals surface area contributed by atoms with Gasteiger partial charge in [0.1, 0.15) is 11.5 Å². The molecule has 0 bridgehead atoms. The molecule has 0 radical (unpaired) electrons. The van der Waals surface area contributed by atoms with Gasteiger partial charge in [0, 0.05) is 11.8 Å². The Hall–Kier alpha value is -2.48. The Kier molecular flexibility index (Phi) is 3.30. The molecule has 100 valence electrons. The molecule has 1 N–H and O–H groups in total. The molecular formula is C18H16O2. The highest BCUT2D eigenvalue weighted by Gasteiger charge is 2.06. The molecule has 2 nitrogen and oxygen atoms in total. The molecule has 0 saturated carbocycles. The Morgan fingerprint density at radius 1 is 0.900 bits per heavy atom. The molecule has 0 heterocycles. The van der Waals surface area contributed by atoms with E-state index in [1.165, 1.54) is 0 Å². The summed E-state index contributed by atoms with van der Waals surface area (Å²) in [5.74, 6) is 1.22. The second-order valence-electron chi connectivity index (χ2n) is 4.82. The third-order valence-electron chi connectivity index (χ3n) is 3.54. The first-order valence-corrected chi connectivity index (χ1v) is 6.60. The highest BCUT2D eigenvalue weighted by atomic mass is 16.5. The van der Waals surface area contributed by atoms with E-state index < -0.39 is 0 Å². The van der Waals surface area contributed by atoms with Crippen molar-refractivity contribution in [2.75, 3.05) is 7.11 Å². The lowest BCUT2D eigenvalue weighted by atomic mass is 10.00. The quantitative estimate of drug-likeness (QED) is 0.770. The van der Waals surface area contributed by atoms with E-state index in [1.807, 2.05) is 60.7 Å². The van der Waals surface area contributed by atoms with E-state index in [4.69, 9.17) is 4.74 Å². The van der Waals surface area contributed by atoms with Crippen molar-refractivity contribution in [3.05, 3.63) is 71.8 Å². The van der Waals surface area contributed by atoms with E-state index in [9.17, 15) is 5.11 Å². The van der Waals surface area contributed by atoms with E-state index in [2.05, 4.69) is 0 Å². The summed E-state index contributed by atoms with van der Waals surface area (Å²) in [4.78, 5) is 0. The second kappa shape index (κ2) is 5.25. The van der Waals surface area contributed by atoms with Crippen molar-refractivity contribution in [3.63, 3.8) is 0 Å². The van der Waals surface area contributed by atoms with Crippen molar-refractivity contribution in [1.29, 1.82) is 0 Å². The van der Waals surface area contributed by atoms with Gasteiger partial charge in [0.25, 0.3) is 0 Å². The molecule has 3 aromatic rings. The number of ether oxygens (including phenoxy) is 1. The van der Waals surface area contributed by atoms with E-state index >= 15 is 0 Å². The van der Waals surface area contributed by atoms with Gasteiger partial charge >= 0.3 is 0 Å². The molecule has 0 saturated heterocycles. The topological polar surface area (TPSA) is 29.5 Å². The third kappa shape index (κ3) is 2.32. The molecule has 2 heteroatoms. The van der Waals surface area contributed by atoms with Crippen LogP contribution in [0.15, 0.2) is 60.7 Å². The number of hydrogen-bond donors (Lipinski definition) is 1. The summed E-state index contributed by atoms with van der Waals surface area (Å²) < 4.78 is 5.15.